The van der Waals surface area contributed by atoms with Gasteiger partial charge in [0.2, 0.25) is 5.82 Å². The van der Waals surface area contributed by atoms with Crippen molar-refractivity contribution in [3.05, 3.63) is 77.2 Å². The quantitative estimate of drug-likeness (QED) is 0.363. The van der Waals surface area contributed by atoms with Gasteiger partial charge in [0, 0.05) is 30.1 Å². The molecule has 4 aromatic rings. The van der Waals surface area contributed by atoms with Gasteiger partial charge >= 0.3 is 11.9 Å². The molecule has 0 aliphatic heterocycles. The molecule has 0 fully saturated rings. The summed E-state index contributed by atoms with van der Waals surface area (Å²) in [5.41, 5.74) is 4.64. The highest BCUT2D eigenvalue weighted by atomic mass is 16.6. The van der Waals surface area contributed by atoms with Crippen LogP contribution in [0.5, 0.6) is 0 Å². The summed E-state index contributed by atoms with van der Waals surface area (Å²) in [5.74, 6) is -0.214. The van der Waals surface area contributed by atoms with Crippen LogP contribution in [0.4, 0.5) is 0 Å². The lowest BCUT2D eigenvalue weighted by atomic mass is 10.1. The van der Waals surface area contributed by atoms with Crippen LogP contribution < -0.4 is 0 Å². The average molecular weight is 461 g/mol. The molecule has 10 nitrogen and oxygen atoms in total. The van der Waals surface area contributed by atoms with Gasteiger partial charge in [-0.3, -0.25) is 9.78 Å². The summed E-state index contributed by atoms with van der Waals surface area (Å²) >= 11 is 0. The molecule has 3 heterocycles. The van der Waals surface area contributed by atoms with E-state index in [1.807, 2.05) is 13.8 Å². The average Bonchev–Trinajstić information content (AvgIpc) is 3.46. The van der Waals surface area contributed by atoms with Crippen molar-refractivity contribution in [3.63, 3.8) is 0 Å². The molecular formula is C24H23N5O5. The molecule has 1 aromatic carbocycles. The topological polar surface area (TPSA) is 122 Å². The van der Waals surface area contributed by atoms with E-state index < -0.39 is 5.97 Å². The molecule has 0 aliphatic carbocycles. The lowest BCUT2D eigenvalue weighted by Gasteiger charge is -2.07. The zero-order chi connectivity index (χ0) is 24.1. The van der Waals surface area contributed by atoms with E-state index >= 15 is 0 Å². The van der Waals surface area contributed by atoms with Crippen LogP contribution in [-0.2, 0) is 27.3 Å². The Kier molecular flexibility index (Phi) is 6.77. The summed E-state index contributed by atoms with van der Waals surface area (Å²) in [5, 5.41) is 8.45. The predicted octanol–water partition coefficient (Wildman–Crippen LogP) is 3.40. The van der Waals surface area contributed by atoms with Gasteiger partial charge in [0.15, 0.2) is 6.61 Å². The number of methoxy groups -OCH3 is 1. The highest BCUT2D eigenvalue weighted by Gasteiger charge is 2.16. The summed E-state index contributed by atoms with van der Waals surface area (Å²) in [6.07, 6.45) is 4.11. The zero-order valence-corrected chi connectivity index (χ0v) is 19.0. The molecule has 0 radical (unpaired) electrons. The van der Waals surface area contributed by atoms with Crippen molar-refractivity contribution in [2.75, 3.05) is 7.11 Å². The van der Waals surface area contributed by atoms with Gasteiger partial charge in [0.25, 0.3) is 5.89 Å². The van der Waals surface area contributed by atoms with E-state index in [-0.39, 0.29) is 18.5 Å². The van der Waals surface area contributed by atoms with Crippen LogP contribution in [0.2, 0.25) is 0 Å². The van der Waals surface area contributed by atoms with Crippen LogP contribution in [0, 0.1) is 13.8 Å². The number of nitrogens with zero attached hydrogens (tertiary/aromatic N) is 5. The van der Waals surface area contributed by atoms with Gasteiger partial charge in [0.1, 0.15) is 0 Å². The Bertz CT molecular complexity index is 1300. The molecule has 174 valence electrons. The van der Waals surface area contributed by atoms with E-state index in [0.717, 1.165) is 22.6 Å². The van der Waals surface area contributed by atoms with Gasteiger partial charge in [-0.1, -0.05) is 5.16 Å². The molecule has 0 atom stereocenters. The van der Waals surface area contributed by atoms with Crippen molar-refractivity contribution in [2.24, 2.45) is 0 Å². The summed E-state index contributed by atoms with van der Waals surface area (Å²) in [6, 6.07) is 10.5. The number of carbonyl (C=O) groups is 2. The number of pyridine rings is 1. The minimum Gasteiger partial charge on any atom is -0.469 e. The van der Waals surface area contributed by atoms with Crippen molar-refractivity contribution >= 4 is 11.9 Å². The largest absolute Gasteiger partial charge is 0.469 e. The number of aryl methyl sites for hydroxylation is 1. The molecule has 0 aliphatic rings. The number of hydrogen-bond acceptors (Lipinski definition) is 9. The first-order valence-corrected chi connectivity index (χ1v) is 10.6. The molecule has 34 heavy (non-hydrogen) atoms. The first-order chi connectivity index (χ1) is 16.5. The Morgan fingerprint density at radius 3 is 2.62 bits per heavy atom. The number of rotatable bonds is 8. The monoisotopic (exact) mass is 461 g/mol. The number of ether oxygens (including phenoxy) is 2. The van der Waals surface area contributed by atoms with Crippen LogP contribution in [0.3, 0.4) is 0 Å². The van der Waals surface area contributed by atoms with Crippen molar-refractivity contribution in [1.29, 1.82) is 0 Å². The smallest absolute Gasteiger partial charge is 0.338 e. The lowest BCUT2D eigenvalue weighted by Crippen LogP contribution is -2.06. The summed E-state index contributed by atoms with van der Waals surface area (Å²) < 4.78 is 17.0. The third-order valence-electron chi connectivity index (χ3n) is 5.31. The highest BCUT2D eigenvalue weighted by molar-refractivity contribution is 5.89. The van der Waals surface area contributed by atoms with Crippen molar-refractivity contribution < 1.29 is 23.6 Å². The number of carbonyl (C=O) groups excluding carboxylic acids is 2. The van der Waals surface area contributed by atoms with Crippen molar-refractivity contribution in [2.45, 2.75) is 33.3 Å². The summed E-state index contributed by atoms with van der Waals surface area (Å²) in [4.78, 5) is 32.2. The molecule has 0 saturated carbocycles. The van der Waals surface area contributed by atoms with E-state index in [1.165, 1.54) is 7.11 Å². The summed E-state index contributed by atoms with van der Waals surface area (Å²) in [7, 11) is 1.37. The number of hydrogen-bond donors (Lipinski definition) is 0. The minimum atomic E-state index is -0.514. The predicted molar refractivity (Wildman–Crippen MR) is 120 cm³/mol. The lowest BCUT2D eigenvalue weighted by molar-refractivity contribution is -0.140. The van der Waals surface area contributed by atoms with E-state index in [1.54, 1.807) is 53.5 Å². The molecule has 0 N–H and O–H groups in total. The zero-order valence-electron chi connectivity index (χ0n) is 19.0. The maximum Gasteiger partial charge on any atom is 0.338 e. The first-order valence-electron chi connectivity index (χ1n) is 10.6. The van der Waals surface area contributed by atoms with Crippen molar-refractivity contribution in [3.8, 4) is 17.1 Å². The van der Waals surface area contributed by atoms with Gasteiger partial charge in [-0.25, -0.2) is 9.48 Å². The number of benzene rings is 1. The summed E-state index contributed by atoms with van der Waals surface area (Å²) in [6.45, 7) is 3.70. The van der Waals surface area contributed by atoms with Gasteiger partial charge in [-0.15, -0.1) is 0 Å². The van der Waals surface area contributed by atoms with Crippen LogP contribution in [-0.4, -0.2) is 44.0 Å². The van der Waals surface area contributed by atoms with E-state index in [2.05, 4.69) is 20.2 Å². The Hall–Kier alpha value is -4.34. The van der Waals surface area contributed by atoms with Crippen LogP contribution >= 0.6 is 0 Å². The van der Waals surface area contributed by atoms with Crippen molar-refractivity contribution in [1.82, 2.24) is 24.9 Å². The SMILES string of the molecule is COC(=O)CCc1c(C)nn(-c2ccc(C(=O)OCc3nc(-c4cccnc4)no3)cc2)c1C. The molecule has 3 aromatic heterocycles. The molecule has 0 bridgehead atoms. The molecule has 0 saturated heterocycles. The van der Waals surface area contributed by atoms with Crippen LogP contribution in [0.25, 0.3) is 17.1 Å². The number of aromatic nitrogens is 5. The Labute approximate surface area is 195 Å². The van der Waals surface area contributed by atoms with Gasteiger partial charge in [-0.05, 0) is 62.2 Å². The second-order valence-corrected chi connectivity index (χ2v) is 7.51. The third-order valence-corrected chi connectivity index (χ3v) is 5.31. The minimum absolute atomic E-state index is 0.144. The number of esters is 2. The Balaban J connectivity index is 1.39. The van der Waals surface area contributed by atoms with E-state index in [4.69, 9.17) is 14.0 Å². The molecule has 10 heteroatoms. The normalized spacial score (nSPS) is 10.8. The van der Waals surface area contributed by atoms with Crippen LogP contribution in [0.1, 0.15) is 39.6 Å². The van der Waals surface area contributed by atoms with Gasteiger partial charge in [-0.2, -0.15) is 10.1 Å². The standard InChI is InChI=1S/C24H23N5O5/c1-15-20(10-11-22(30)32-3)16(2)29(27-15)19-8-6-17(7-9-19)24(31)33-14-21-26-23(28-34-21)18-5-4-12-25-13-18/h4-9,12-13H,10-11,14H2,1-3H3. The van der Waals surface area contributed by atoms with E-state index in [9.17, 15) is 9.59 Å². The third kappa shape index (κ3) is 5.01. The Morgan fingerprint density at radius 1 is 1.12 bits per heavy atom. The molecule has 4 rings (SSSR count). The molecular weight excluding hydrogens is 438 g/mol. The van der Waals surface area contributed by atoms with Crippen LogP contribution in [0.15, 0.2) is 53.3 Å². The fourth-order valence-corrected chi connectivity index (χ4v) is 3.49. The second kappa shape index (κ2) is 10.1. The molecule has 0 amide bonds. The second-order valence-electron chi connectivity index (χ2n) is 7.51. The highest BCUT2D eigenvalue weighted by Crippen LogP contribution is 2.20. The molecule has 0 unspecified atom stereocenters. The fourth-order valence-electron chi connectivity index (χ4n) is 3.49. The molecule has 0 spiro atoms. The van der Waals surface area contributed by atoms with E-state index in [0.29, 0.717) is 29.8 Å². The maximum atomic E-state index is 12.5. The fraction of sp³-hybridized carbons (Fsp3) is 0.250. The first kappa shape index (κ1) is 22.8. The Morgan fingerprint density at radius 2 is 1.91 bits per heavy atom. The van der Waals surface area contributed by atoms with Gasteiger partial charge < -0.3 is 14.0 Å². The maximum absolute atomic E-state index is 12.5. The van der Waals surface area contributed by atoms with Gasteiger partial charge in [0.05, 0.1) is 24.1 Å².